The molecule has 0 aliphatic carbocycles. The Kier molecular flexibility index (Phi) is 64.9. The first-order valence-electron chi connectivity index (χ1n) is 28.8. The Morgan fingerprint density at radius 1 is 0.486 bits per heavy atom. The second-order valence-corrected chi connectivity index (χ2v) is 19.4. The number of carbonyl (C=O) groups is 3. The summed E-state index contributed by atoms with van der Waals surface area (Å²) >= 11 is 0. The predicted molar refractivity (Wildman–Crippen MR) is 293 cm³/mol. The Morgan fingerprint density at radius 3 is 1.39 bits per heavy atom. The standard InChI is InChI=1S/C49H92O8.C8H17N.CH4O.CH2O/c1-5-7-21-31-45(3)33-23-17-13-9-11-15-19-26-41-56-48(51)43-54-37-28-25-35-47(50)36-29-38-53-39-30-40-55-44-49(52)57-42-27-20-16-12-10-14-18-24-34-46(4)32-22-8-6-2;1-2-3-6-9-7-4-5-8-9;2*1-2/h17-18,23-24,45-47,50H,5-16,19-22,25-44H2,1-4H3;2-8H2,1H3;2H,1H3;1H2/b23-17+,24-18+;;;. The second kappa shape index (κ2) is 63.0. The first-order chi connectivity index (χ1) is 34.3. The maximum absolute atomic E-state index is 11.9. The van der Waals surface area contributed by atoms with Crippen molar-refractivity contribution in [1.82, 2.24) is 4.90 Å². The van der Waals surface area contributed by atoms with Crippen LogP contribution < -0.4 is 0 Å². The van der Waals surface area contributed by atoms with Gasteiger partial charge in [-0.15, -0.1) is 0 Å². The van der Waals surface area contributed by atoms with E-state index >= 15 is 0 Å². The molecule has 0 bridgehead atoms. The van der Waals surface area contributed by atoms with E-state index < -0.39 is 0 Å². The molecule has 0 aromatic heterocycles. The highest BCUT2D eigenvalue weighted by molar-refractivity contribution is 5.70. The van der Waals surface area contributed by atoms with E-state index in [0.29, 0.717) is 58.9 Å². The molecule has 0 spiro atoms. The molecule has 3 unspecified atom stereocenters. The highest BCUT2D eigenvalue weighted by Gasteiger charge is 2.10. The fourth-order valence-electron chi connectivity index (χ4n) is 8.07. The summed E-state index contributed by atoms with van der Waals surface area (Å²) < 4.78 is 27.1. The van der Waals surface area contributed by atoms with Crippen LogP contribution in [0.2, 0.25) is 0 Å². The average Bonchev–Trinajstić information content (AvgIpc) is 3.90. The molecule has 0 saturated carbocycles. The van der Waals surface area contributed by atoms with Gasteiger partial charge in [0.05, 0.1) is 19.3 Å². The quantitative estimate of drug-likeness (QED) is 0.0342. The Morgan fingerprint density at radius 2 is 0.886 bits per heavy atom. The van der Waals surface area contributed by atoms with E-state index in [2.05, 4.69) is 63.8 Å². The summed E-state index contributed by atoms with van der Waals surface area (Å²) in [5.74, 6) is 1.01. The molecule has 0 radical (unpaired) electrons. The molecule has 11 nitrogen and oxygen atoms in total. The van der Waals surface area contributed by atoms with Gasteiger partial charge in [0.15, 0.2) is 0 Å². The Labute approximate surface area is 432 Å². The molecule has 1 saturated heterocycles. The summed E-state index contributed by atoms with van der Waals surface area (Å²) in [6, 6.07) is 0. The Balaban J connectivity index is -0.00000300. The van der Waals surface area contributed by atoms with E-state index in [1.807, 2.05) is 6.79 Å². The topological polar surface area (TPSA) is 141 Å². The van der Waals surface area contributed by atoms with Gasteiger partial charge in [0.2, 0.25) is 0 Å². The van der Waals surface area contributed by atoms with Gasteiger partial charge in [-0.2, -0.15) is 0 Å². The molecule has 1 heterocycles. The van der Waals surface area contributed by atoms with Crippen molar-refractivity contribution in [2.75, 3.05) is 79.6 Å². The van der Waals surface area contributed by atoms with Crippen molar-refractivity contribution in [3.63, 3.8) is 0 Å². The maximum Gasteiger partial charge on any atom is 0.332 e. The number of aliphatic hydroxyl groups is 2. The van der Waals surface area contributed by atoms with Crippen molar-refractivity contribution in [1.29, 1.82) is 0 Å². The Hall–Kier alpha value is -2.15. The molecule has 0 amide bonds. The van der Waals surface area contributed by atoms with Gasteiger partial charge in [0.25, 0.3) is 0 Å². The predicted octanol–water partition coefficient (Wildman–Crippen LogP) is 14.1. The number of carbonyl (C=O) groups excluding carboxylic acids is 3. The minimum absolute atomic E-state index is 0.00363. The molecule has 1 aliphatic heterocycles. The lowest BCUT2D eigenvalue weighted by Gasteiger charge is -2.12. The van der Waals surface area contributed by atoms with Gasteiger partial charge in [-0.3, -0.25) is 0 Å². The van der Waals surface area contributed by atoms with E-state index in [1.54, 1.807) is 0 Å². The van der Waals surface area contributed by atoms with Crippen molar-refractivity contribution in [3.8, 4) is 0 Å². The number of nitrogens with zero attached hydrogens (tertiary/aromatic N) is 1. The summed E-state index contributed by atoms with van der Waals surface area (Å²) in [5.41, 5.74) is 0. The first kappa shape index (κ1) is 72.1. The van der Waals surface area contributed by atoms with Gasteiger partial charge < -0.3 is 43.6 Å². The van der Waals surface area contributed by atoms with Crippen LogP contribution in [0.5, 0.6) is 0 Å². The van der Waals surface area contributed by atoms with Crippen molar-refractivity contribution in [3.05, 3.63) is 24.3 Å². The van der Waals surface area contributed by atoms with E-state index in [-0.39, 0.29) is 31.3 Å². The van der Waals surface area contributed by atoms with Crippen LogP contribution in [0.1, 0.15) is 240 Å². The molecule has 11 heteroatoms. The summed E-state index contributed by atoms with van der Waals surface area (Å²) in [6.07, 6.45) is 46.0. The molecular weight excluding hydrogens is 883 g/mol. The number of ether oxygens (including phenoxy) is 5. The lowest BCUT2D eigenvalue weighted by Crippen LogP contribution is -2.19. The molecule has 416 valence electrons. The number of hydrogen-bond acceptors (Lipinski definition) is 11. The van der Waals surface area contributed by atoms with Crippen LogP contribution >= 0.6 is 0 Å². The van der Waals surface area contributed by atoms with E-state index in [0.717, 1.165) is 63.9 Å². The monoisotopic (exact) mass is 998 g/mol. The third-order valence-corrected chi connectivity index (χ3v) is 12.5. The third-order valence-electron chi connectivity index (χ3n) is 12.5. The molecule has 3 atom stereocenters. The van der Waals surface area contributed by atoms with Crippen LogP contribution in [0.4, 0.5) is 0 Å². The van der Waals surface area contributed by atoms with Gasteiger partial charge in [-0.1, -0.05) is 155 Å². The smallest absolute Gasteiger partial charge is 0.332 e. The fourth-order valence-corrected chi connectivity index (χ4v) is 8.07. The normalized spacial score (nSPS) is 13.8. The number of rotatable bonds is 48. The highest BCUT2D eigenvalue weighted by Crippen LogP contribution is 2.16. The SMILES string of the molecule is C=O.CCCCCC(C)C/C=C/CCCCCCCOC(=O)COCCCCC(O)CCCOCCCOCC(=O)OCCCCCCC/C=C/CC(C)CCCCC.CCCCN1CCCC1.CO. The molecule has 1 rings (SSSR count). The highest BCUT2D eigenvalue weighted by atomic mass is 16.6. The summed E-state index contributed by atoms with van der Waals surface area (Å²) in [6.45, 7) is 20.6. The number of allylic oxidation sites excluding steroid dienone is 4. The summed E-state index contributed by atoms with van der Waals surface area (Å²) in [4.78, 5) is 34.4. The van der Waals surface area contributed by atoms with Crippen LogP contribution in [0.15, 0.2) is 24.3 Å². The maximum atomic E-state index is 11.9. The molecule has 70 heavy (non-hydrogen) atoms. The van der Waals surface area contributed by atoms with Crippen molar-refractivity contribution in [2.45, 2.75) is 246 Å². The van der Waals surface area contributed by atoms with Gasteiger partial charge in [-0.05, 0) is 141 Å². The lowest BCUT2D eigenvalue weighted by molar-refractivity contribution is -0.150. The molecule has 1 fully saturated rings. The molecule has 1 aliphatic rings. The second-order valence-electron chi connectivity index (χ2n) is 19.4. The van der Waals surface area contributed by atoms with Crippen molar-refractivity contribution in [2.24, 2.45) is 11.8 Å². The van der Waals surface area contributed by atoms with Gasteiger partial charge in [-0.25, -0.2) is 9.59 Å². The zero-order valence-electron chi connectivity index (χ0n) is 46.8. The minimum Gasteiger partial charge on any atom is -0.464 e. The molecule has 2 N–H and O–H groups in total. The molecule has 0 aromatic rings. The van der Waals surface area contributed by atoms with Crippen LogP contribution in [-0.2, 0) is 38.1 Å². The van der Waals surface area contributed by atoms with Crippen molar-refractivity contribution >= 4 is 18.7 Å². The van der Waals surface area contributed by atoms with E-state index in [9.17, 15) is 14.7 Å². The van der Waals surface area contributed by atoms with Crippen LogP contribution in [-0.4, -0.2) is 120 Å². The van der Waals surface area contributed by atoms with E-state index in [4.69, 9.17) is 33.6 Å². The molecular formula is C59H115NO10. The third kappa shape index (κ3) is 60.2. The number of likely N-dealkylation sites (tertiary alicyclic amines) is 1. The van der Waals surface area contributed by atoms with E-state index in [1.165, 1.54) is 161 Å². The largest absolute Gasteiger partial charge is 0.464 e. The average molecular weight is 999 g/mol. The summed E-state index contributed by atoms with van der Waals surface area (Å²) in [5, 5.41) is 17.2. The zero-order chi connectivity index (χ0) is 52.2. The fraction of sp³-hybridized carbons (Fsp3) is 0.881. The minimum atomic E-state index is -0.357. The van der Waals surface area contributed by atoms with Crippen LogP contribution in [0.25, 0.3) is 0 Å². The Bertz CT molecular complexity index is 1090. The van der Waals surface area contributed by atoms with Gasteiger partial charge >= 0.3 is 11.9 Å². The summed E-state index contributed by atoms with van der Waals surface area (Å²) in [7, 11) is 1.00. The van der Waals surface area contributed by atoms with Crippen molar-refractivity contribution < 1.29 is 48.3 Å². The first-order valence-corrected chi connectivity index (χ1v) is 28.8. The number of hydrogen-bond donors (Lipinski definition) is 2. The van der Waals surface area contributed by atoms with Gasteiger partial charge in [0, 0.05) is 33.5 Å². The lowest BCUT2D eigenvalue weighted by atomic mass is 9.99. The molecule has 0 aromatic carbocycles. The number of esters is 2. The number of aliphatic hydroxyl groups excluding tert-OH is 2. The van der Waals surface area contributed by atoms with Gasteiger partial charge in [0.1, 0.15) is 20.0 Å². The van der Waals surface area contributed by atoms with Crippen LogP contribution in [0.3, 0.4) is 0 Å². The zero-order valence-corrected chi connectivity index (χ0v) is 46.8. The number of unbranched alkanes of at least 4 members (excludes halogenated alkanes) is 16. The van der Waals surface area contributed by atoms with Crippen LogP contribution in [0, 0.1) is 11.8 Å².